The highest BCUT2D eigenvalue weighted by molar-refractivity contribution is 9.10. The number of carbonyl (C=O) groups excluding carboxylic acids is 2. The zero-order valence-corrected chi connectivity index (χ0v) is 28.0. The fourth-order valence-corrected chi connectivity index (χ4v) is 5.69. The van der Waals surface area contributed by atoms with Crippen molar-refractivity contribution in [2.75, 3.05) is 23.8 Å². The molecule has 0 aliphatic carbocycles. The standard InChI is InChI=1S/C34H29BrClN5O4S/c1-3-44-30-17-22(16-27(35)32(30)45-19-31(42)39-28-7-5-4-6-21(28)2)18-37-41-33(43)24-10-8-23(9-11-24)29-20-46-34(40-29)38-26-14-12-25(36)13-15-26/h4-18,20H,3,19H2,1-2H3,(H,38,40)(H,39,42)(H,41,43)/b37-18-. The Morgan fingerprint density at radius 2 is 1.78 bits per heavy atom. The lowest BCUT2D eigenvalue weighted by atomic mass is 10.1. The summed E-state index contributed by atoms with van der Waals surface area (Å²) in [5.74, 6) is 0.149. The Morgan fingerprint density at radius 1 is 1.02 bits per heavy atom. The van der Waals surface area contributed by atoms with E-state index in [4.69, 9.17) is 21.1 Å². The number of para-hydroxylation sites is 1. The van der Waals surface area contributed by atoms with Gasteiger partial charge in [0.25, 0.3) is 11.8 Å². The van der Waals surface area contributed by atoms with Crippen LogP contribution in [0.2, 0.25) is 5.02 Å². The molecule has 0 saturated heterocycles. The van der Waals surface area contributed by atoms with Crippen molar-refractivity contribution < 1.29 is 19.1 Å². The van der Waals surface area contributed by atoms with Gasteiger partial charge in [0.2, 0.25) is 0 Å². The maximum absolute atomic E-state index is 12.8. The van der Waals surface area contributed by atoms with Crippen LogP contribution in [0.3, 0.4) is 0 Å². The molecule has 12 heteroatoms. The summed E-state index contributed by atoms with van der Waals surface area (Å²) < 4.78 is 12.1. The predicted molar refractivity (Wildman–Crippen MR) is 188 cm³/mol. The number of benzene rings is 4. The van der Waals surface area contributed by atoms with E-state index in [0.717, 1.165) is 33.3 Å². The minimum Gasteiger partial charge on any atom is -0.490 e. The third kappa shape index (κ3) is 8.72. The Kier molecular flexibility index (Phi) is 11.0. The largest absolute Gasteiger partial charge is 0.490 e. The van der Waals surface area contributed by atoms with Crippen molar-refractivity contribution in [1.82, 2.24) is 10.4 Å². The zero-order valence-electron chi connectivity index (χ0n) is 24.8. The molecule has 5 rings (SSSR count). The molecule has 46 heavy (non-hydrogen) atoms. The van der Waals surface area contributed by atoms with Crippen LogP contribution < -0.4 is 25.5 Å². The molecule has 3 N–H and O–H groups in total. The van der Waals surface area contributed by atoms with E-state index in [0.29, 0.717) is 38.7 Å². The Morgan fingerprint density at radius 3 is 2.52 bits per heavy atom. The summed E-state index contributed by atoms with van der Waals surface area (Å²) in [4.78, 5) is 29.9. The number of halogens is 2. The van der Waals surface area contributed by atoms with Crippen molar-refractivity contribution in [2.45, 2.75) is 13.8 Å². The number of aryl methyl sites for hydroxylation is 1. The molecule has 0 aliphatic rings. The molecule has 0 atom stereocenters. The van der Waals surface area contributed by atoms with Crippen LogP contribution in [0.1, 0.15) is 28.4 Å². The maximum atomic E-state index is 12.8. The maximum Gasteiger partial charge on any atom is 0.271 e. The molecule has 234 valence electrons. The summed E-state index contributed by atoms with van der Waals surface area (Å²) in [5.41, 5.74) is 7.88. The van der Waals surface area contributed by atoms with Gasteiger partial charge in [0.1, 0.15) is 0 Å². The van der Waals surface area contributed by atoms with Gasteiger partial charge in [-0.3, -0.25) is 9.59 Å². The van der Waals surface area contributed by atoms with Gasteiger partial charge >= 0.3 is 0 Å². The molecule has 9 nitrogen and oxygen atoms in total. The number of hydrazone groups is 1. The Hall–Kier alpha value is -4.71. The first-order valence-electron chi connectivity index (χ1n) is 14.2. The van der Waals surface area contributed by atoms with E-state index in [1.807, 2.05) is 79.9 Å². The normalized spacial score (nSPS) is 10.9. The van der Waals surface area contributed by atoms with Gasteiger partial charge in [-0.05, 0) is 95.5 Å². The number of rotatable bonds is 12. The van der Waals surface area contributed by atoms with E-state index in [9.17, 15) is 9.59 Å². The average Bonchev–Trinajstić information content (AvgIpc) is 3.51. The van der Waals surface area contributed by atoms with Crippen LogP contribution in [-0.2, 0) is 4.79 Å². The molecule has 0 unspecified atom stereocenters. The van der Waals surface area contributed by atoms with Gasteiger partial charge in [0.05, 0.1) is 23.0 Å². The molecular weight excluding hydrogens is 690 g/mol. The van der Waals surface area contributed by atoms with Crippen molar-refractivity contribution in [3.63, 3.8) is 0 Å². The van der Waals surface area contributed by atoms with Gasteiger partial charge < -0.3 is 20.1 Å². The molecular formula is C34H29BrClN5O4S. The Labute approximate surface area is 283 Å². The third-order valence-electron chi connectivity index (χ3n) is 6.52. The molecule has 5 aromatic rings. The number of hydrogen-bond acceptors (Lipinski definition) is 8. The summed E-state index contributed by atoms with van der Waals surface area (Å²) in [6.45, 7) is 3.94. The molecule has 0 fully saturated rings. The van der Waals surface area contributed by atoms with Crippen molar-refractivity contribution in [3.05, 3.63) is 116 Å². The fourth-order valence-electron chi connectivity index (χ4n) is 4.25. The van der Waals surface area contributed by atoms with Crippen LogP contribution in [-0.4, -0.2) is 36.2 Å². The molecule has 0 spiro atoms. The lowest BCUT2D eigenvalue weighted by molar-refractivity contribution is -0.118. The van der Waals surface area contributed by atoms with Gasteiger partial charge in [0.15, 0.2) is 23.2 Å². The predicted octanol–water partition coefficient (Wildman–Crippen LogP) is 8.46. The van der Waals surface area contributed by atoms with E-state index in [-0.39, 0.29) is 18.4 Å². The molecule has 0 radical (unpaired) electrons. The minimum atomic E-state index is -0.366. The summed E-state index contributed by atoms with van der Waals surface area (Å²) in [6, 6.07) is 25.5. The number of carbonyl (C=O) groups is 2. The second-order valence-electron chi connectivity index (χ2n) is 9.86. The number of ether oxygens (including phenoxy) is 2. The second kappa shape index (κ2) is 15.5. The van der Waals surface area contributed by atoms with Crippen LogP contribution >= 0.6 is 38.9 Å². The van der Waals surface area contributed by atoms with Crippen LogP contribution in [0.5, 0.6) is 11.5 Å². The van der Waals surface area contributed by atoms with Crippen LogP contribution in [0.4, 0.5) is 16.5 Å². The third-order valence-corrected chi connectivity index (χ3v) is 8.12. The average molecular weight is 719 g/mol. The highest BCUT2D eigenvalue weighted by Gasteiger charge is 2.15. The summed E-state index contributed by atoms with van der Waals surface area (Å²) in [6.07, 6.45) is 1.50. The number of hydrogen-bond donors (Lipinski definition) is 3. The molecule has 0 saturated carbocycles. The molecule has 2 amide bonds. The van der Waals surface area contributed by atoms with Crippen molar-refractivity contribution in [1.29, 1.82) is 0 Å². The van der Waals surface area contributed by atoms with E-state index >= 15 is 0 Å². The molecule has 4 aromatic carbocycles. The first-order valence-corrected chi connectivity index (χ1v) is 16.2. The van der Waals surface area contributed by atoms with Crippen molar-refractivity contribution >= 4 is 73.4 Å². The lowest BCUT2D eigenvalue weighted by Crippen LogP contribution is -2.21. The second-order valence-corrected chi connectivity index (χ2v) is 12.0. The molecule has 0 aliphatic heterocycles. The van der Waals surface area contributed by atoms with Crippen LogP contribution in [0.15, 0.2) is 99.9 Å². The molecule has 1 heterocycles. The number of thiazole rings is 1. The van der Waals surface area contributed by atoms with E-state index in [1.165, 1.54) is 17.6 Å². The Bertz CT molecular complexity index is 1860. The summed E-state index contributed by atoms with van der Waals surface area (Å²) in [7, 11) is 0. The Balaban J connectivity index is 1.17. The van der Waals surface area contributed by atoms with Gasteiger partial charge in [-0.2, -0.15) is 5.10 Å². The smallest absolute Gasteiger partial charge is 0.271 e. The first kappa shape index (κ1) is 32.7. The lowest BCUT2D eigenvalue weighted by Gasteiger charge is -2.15. The number of nitrogens with zero attached hydrogens (tertiary/aromatic N) is 2. The highest BCUT2D eigenvalue weighted by Crippen LogP contribution is 2.36. The molecule has 1 aromatic heterocycles. The van der Waals surface area contributed by atoms with Gasteiger partial charge in [-0.25, -0.2) is 10.4 Å². The van der Waals surface area contributed by atoms with Crippen LogP contribution in [0, 0.1) is 6.92 Å². The summed E-state index contributed by atoms with van der Waals surface area (Å²) in [5, 5.41) is 13.6. The zero-order chi connectivity index (χ0) is 32.5. The SMILES string of the molecule is CCOc1cc(/C=N\NC(=O)c2ccc(-c3csc(Nc4ccc(Cl)cc4)n3)cc2)cc(Br)c1OCC(=O)Nc1ccccc1C. The van der Waals surface area contributed by atoms with Crippen LogP contribution in [0.25, 0.3) is 11.3 Å². The van der Waals surface area contributed by atoms with Crippen molar-refractivity contribution in [3.8, 4) is 22.8 Å². The molecule has 0 bridgehead atoms. The summed E-state index contributed by atoms with van der Waals surface area (Å²) >= 11 is 10.9. The monoisotopic (exact) mass is 717 g/mol. The van der Waals surface area contributed by atoms with E-state index in [1.54, 1.807) is 24.3 Å². The van der Waals surface area contributed by atoms with Gasteiger partial charge in [0, 0.05) is 32.9 Å². The first-order chi connectivity index (χ1) is 22.3. The van der Waals surface area contributed by atoms with Gasteiger partial charge in [-0.15, -0.1) is 11.3 Å². The van der Waals surface area contributed by atoms with Gasteiger partial charge in [-0.1, -0.05) is 41.9 Å². The van der Waals surface area contributed by atoms with E-state index < -0.39 is 0 Å². The number of anilines is 3. The fraction of sp³-hybridized carbons (Fsp3) is 0.118. The number of nitrogens with one attached hydrogen (secondary N) is 3. The number of amides is 2. The topological polar surface area (TPSA) is 114 Å². The highest BCUT2D eigenvalue weighted by atomic mass is 79.9. The quantitative estimate of drug-likeness (QED) is 0.0882. The minimum absolute atomic E-state index is 0.209. The number of aromatic nitrogens is 1. The van der Waals surface area contributed by atoms with Crippen molar-refractivity contribution in [2.24, 2.45) is 5.10 Å². The van der Waals surface area contributed by atoms with E-state index in [2.05, 4.69) is 42.1 Å².